The van der Waals surface area contributed by atoms with Crippen molar-refractivity contribution in [2.45, 2.75) is 26.0 Å². The van der Waals surface area contributed by atoms with Gasteiger partial charge in [0.15, 0.2) is 5.17 Å². The molecule has 1 aliphatic rings. The van der Waals surface area contributed by atoms with Crippen LogP contribution in [0.3, 0.4) is 0 Å². The molecule has 7 heteroatoms. The third kappa shape index (κ3) is 3.97. The highest BCUT2D eigenvalue weighted by molar-refractivity contribution is 8.14. The Morgan fingerprint density at radius 3 is 2.67 bits per heavy atom. The summed E-state index contributed by atoms with van der Waals surface area (Å²) in [6, 6.07) is 7.46. The second-order valence-electron chi connectivity index (χ2n) is 5.06. The number of carbonyl (C=O) groups excluding carboxylic acids is 2. The van der Waals surface area contributed by atoms with E-state index in [1.165, 1.54) is 18.7 Å². The van der Waals surface area contributed by atoms with E-state index < -0.39 is 5.97 Å². The number of hydrogen-bond acceptors (Lipinski definition) is 6. The van der Waals surface area contributed by atoms with E-state index in [-0.39, 0.29) is 17.8 Å². The van der Waals surface area contributed by atoms with Gasteiger partial charge in [-0.1, -0.05) is 30.0 Å². The number of esters is 1. The van der Waals surface area contributed by atoms with Crippen LogP contribution < -0.4 is 10.1 Å². The number of nitrogens with one attached hydrogen (secondary N) is 1. The lowest BCUT2D eigenvalue weighted by molar-refractivity contribution is -0.138. The highest BCUT2D eigenvalue weighted by Gasteiger charge is 2.33. The summed E-state index contributed by atoms with van der Waals surface area (Å²) in [5.74, 6) is 0.0325. The predicted molar refractivity (Wildman–Crippen MR) is 93.9 cm³/mol. The van der Waals surface area contributed by atoms with Gasteiger partial charge >= 0.3 is 5.97 Å². The quantitative estimate of drug-likeness (QED) is 0.847. The van der Waals surface area contributed by atoms with Gasteiger partial charge in [0.1, 0.15) is 5.75 Å². The standard InChI is InChI=1S/C17H20N2O4S/c1-5-23-16(21)14-10(2)18-17(19-11(3)20)24-15(14)12-8-6-7-9-13(12)22-4/h6-9,15H,5H2,1-4H3,(H,18,19,20). The van der Waals surface area contributed by atoms with E-state index in [0.29, 0.717) is 22.2 Å². The minimum Gasteiger partial charge on any atom is -0.496 e. The van der Waals surface area contributed by atoms with Crippen LogP contribution >= 0.6 is 11.8 Å². The number of allylic oxidation sites excluding steroid dienone is 1. The van der Waals surface area contributed by atoms with Gasteiger partial charge in [-0.05, 0) is 19.9 Å². The Labute approximate surface area is 145 Å². The normalized spacial score (nSPS) is 17.2. The third-order valence-corrected chi connectivity index (χ3v) is 4.49. The van der Waals surface area contributed by atoms with Crippen molar-refractivity contribution in [1.82, 2.24) is 5.32 Å². The van der Waals surface area contributed by atoms with Crippen molar-refractivity contribution in [3.05, 3.63) is 41.1 Å². The molecule has 128 valence electrons. The molecule has 0 bridgehead atoms. The highest BCUT2D eigenvalue weighted by atomic mass is 32.2. The number of carbonyl (C=O) groups is 2. The van der Waals surface area contributed by atoms with Crippen LogP contribution in [0.5, 0.6) is 5.75 Å². The molecule has 0 fully saturated rings. The number of aliphatic imine (C=N–C) groups is 1. The average Bonchev–Trinajstić information content (AvgIpc) is 2.53. The lowest BCUT2D eigenvalue weighted by atomic mass is 10.0. The zero-order chi connectivity index (χ0) is 17.7. The minimum atomic E-state index is -0.413. The number of ether oxygens (including phenoxy) is 2. The fourth-order valence-electron chi connectivity index (χ4n) is 2.37. The smallest absolute Gasteiger partial charge is 0.337 e. The van der Waals surface area contributed by atoms with Gasteiger partial charge in [0.05, 0.1) is 30.2 Å². The SMILES string of the molecule is CCOC(=O)C1=C(C)N=C(NC(C)=O)SC1c1ccccc1OC. The van der Waals surface area contributed by atoms with Crippen LogP contribution in [-0.2, 0) is 14.3 Å². The topological polar surface area (TPSA) is 77.0 Å². The van der Waals surface area contributed by atoms with Crippen molar-refractivity contribution in [3.63, 3.8) is 0 Å². The van der Waals surface area contributed by atoms with Crippen molar-refractivity contribution >= 4 is 28.8 Å². The summed E-state index contributed by atoms with van der Waals surface area (Å²) in [5, 5.41) is 2.76. The fraction of sp³-hybridized carbons (Fsp3) is 0.353. The van der Waals surface area contributed by atoms with Crippen molar-refractivity contribution < 1.29 is 19.1 Å². The zero-order valence-corrected chi connectivity index (χ0v) is 14.9. The van der Waals surface area contributed by atoms with Crippen LogP contribution in [0, 0.1) is 0 Å². The molecule has 24 heavy (non-hydrogen) atoms. The first-order chi connectivity index (χ1) is 11.5. The van der Waals surface area contributed by atoms with Crippen LogP contribution in [0.2, 0.25) is 0 Å². The minimum absolute atomic E-state index is 0.215. The van der Waals surface area contributed by atoms with Crippen LogP contribution in [0.1, 0.15) is 31.6 Å². The monoisotopic (exact) mass is 348 g/mol. The van der Waals surface area contributed by atoms with Gasteiger partial charge in [-0.25, -0.2) is 9.79 Å². The molecule has 1 unspecified atom stereocenters. The largest absolute Gasteiger partial charge is 0.496 e. The highest BCUT2D eigenvalue weighted by Crippen LogP contribution is 2.44. The Morgan fingerprint density at radius 2 is 2.04 bits per heavy atom. The number of rotatable bonds is 4. The number of methoxy groups -OCH3 is 1. The van der Waals surface area contributed by atoms with Crippen LogP contribution in [0.4, 0.5) is 0 Å². The molecule has 1 aliphatic heterocycles. The first kappa shape index (κ1) is 18.1. The molecule has 6 nitrogen and oxygen atoms in total. The number of nitrogens with zero attached hydrogens (tertiary/aromatic N) is 1. The van der Waals surface area contributed by atoms with Gasteiger partial charge in [0.25, 0.3) is 0 Å². The van der Waals surface area contributed by atoms with Gasteiger partial charge in [-0.3, -0.25) is 4.79 Å². The summed E-state index contributed by atoms with van der Waals surface area (Å²) in [6.07, 6.45) is 0. The number of amidine groups is 1. The molecule has 1 heterocycles. The Morgan fingerprint density at radius 1 is 1.33 bits per heavy atom. The molecule has 0 aromatic heterocycles. The maximum Gasteiger partial charge on any atom is 0.337 e. The molecular formula is C17H20N2O4S. The van der Waals surface area contributed by atoms with Crippen molar-refractivity contribution in [2.24, 2.45) is 4.99 Å². The lowest BCUT2D eigenvalue weighted by Gasteiger charge is -2.26. The van der Waals surface area contributed by atoms with Crippen LogP contribution in [0.25, 0.3) is 0 Å². The van der Waals surface area contributed by atoms with Crippen molar-refractivity contribution in [3.8, 4) is 5.75 Å². The van der Waals surface area contributed by atoms with Gasteiger partial charge in [-0.2, -0.15) is 0 Å². The second kappa shape index (κ2) is 8.01. The number of para-hydroxylation sites is 1. The molecule has 1 N–H and O–H groups in total. The fourth-order valence-corrected chi connectivity index (χ4v) is 3.69. The molecule has 1 amide bonds. The average molecular weight is 348 g/mol. The summed E-state index contributed by atoms with van der Waals surface area (Å²) in [7, 11) is 1.58. The Bertz CT molecular complexity index is 712. The molecule has 0 saturated carbocycles. The summed E-state index contributed by atoms with van der Waals surface area (Å²) in [5.41, 5.74) is 1.80. The third-order valence-electron chi connectivity index (χ3n) is 3.35. The van der Waals surface area contributed by atoms with Gasteiger partial charge in [0, 0.05) is 12.5 Å². The Hall–Kier alpha value is -2.28. The van der Waals surface area contributed by atoms with E-state index in [0.717, 1.165) is 5.56 Å². The van der Waals surface area contributed by atoms with Gasteiger partial charge in [-0.15, -0.1) is 0 Å². The summed E-state index contributed by atoms with van der Waals surface area (Å²) in [6.45, 7) is 5.19. The van der Waals surface area contributed by atoms with E-state index in [1.54, 1.807) is 21.0 Å². The predicted octanol–water partition coefficient (Wildman–Crippen LogP) is 2.81. The zero-order valence-electron chi connectivity index (χ0n) is 14.1. The number of thioether (sulfide) groups is 1. The van der Waals surface area contributed by atoms with Crippen LogP contribution in [-0.4, -0.2) is 30.8 Å². The van der Waals surface area contributed by atoms with Gasteiger partial charge < -0.3 is 14.8 Å². The molecule has 0 saturated heterocycles. The second-order valence-corrected chi connectivity index (χ2v) is 6.15. The first-order valence-electron chi connectivity index (χ1n) is 7.51. The van der Waals surface area contributed by atoms with E-state index in [4.69, 9.17) is 9.47 Å². The Kier molecular flexibility index (Phi) is 6.03. The van der Waals surface area contributed by atoms with Crippen LogP contribution in [0.15, 0.2) is 40.5 Å². The molecule has 1 aromatic rings. The molecule has 1 aromatic carbocycles. The molecule has 2 rings (SSSR count). The number of benzene rings is 1. The van der Waals surface area contributed by atoms with E-state index in [1.807, 2.05) is 24.3 Å². The lowest BCUT2D eigenvalue weighted by Crippen LogP contribution is -2.30. The van der Waals surface area contributed by atoms with E-state index in [9.17, 15) is 9.59 Å². The molecular weight excluding hydrogens is 328 g/mol. The van der Waals surface area contributed by atoms with Gasteiger partial charge in [0.2, 0.25) is 5.91 Å². The number of hydrogen-bond donors (Lipinski definition) is 1. The number of amides is 1. The molecule has 1 atom stereocenters. The molecule has 0 aliphatic carbocycles. The summed E-state index contributed by atoms with van der Waals surface area (Å²) in [4.78, 5) is 28.1. The van der Waals surface area contributed by atoms with Crippen molar-refractivity contribution in [2.75, 3.05) is 13.7 Å². The maximum atomic E-state index is 12.4. The maximum absolute atomic E-state index is 12.4. The van der Waals surface area contributed by atoms with Crippen molar-refractivity contribution in [1.29, 1.82) is 0 Å². The Balaban J connectivity index is 2.52. The summed E-state index contributed by atoms with van der Waals surface area (Å²) >= 11 is 1.29. The van der Waals surface area contributed by atoms with E-state index >= 15 is 0 Å². The molecule has 0 spiro atoms. The summed E-state index contributed by atoms with van der Waals surface area (Å²) < 4.78 is 10.6. The van der Waals surface area contributed by atoms with E-state index in [2.05, 4.69) is 10.3 Å². The first-order valence-corrected chi connectivity index (χ1v) is 8.39. The molecule has 0 radical (unpaired) electrons.